The standard InChI is InChI=1S/C11H9NO3/c13-6-9-2-1-8(5-12-9)11-4-3-10(7-14)15-11/h1-5,7,13H,6H2. The fraction of sp³-hybridized carbons (Fsp3) is 0.0909. The first-order valence-corrected chi connectivity index (χ1v) is 4.44. The number of hydrogen-bond donors (Lipinski definition) is 1. The number of carbonyl (C=O) groups is 1. The quantitative estimate of drug-likeness (QED) is 0.770. The number of pyridine rings is 1. The van der Waals surface area contributed by atoms with E-state index in [-0.39, 0.29) is 12.4 Å². The third-order valence-corrected chi connectivity index (χ3v) is 2.01. The van der Waals surface area contributed by atoms with E-state index >= 15 is 0 Å². The van der Waals surface area contributed by atoms with Crippen LogP contribution in [0.1, 0.15) is 16.2 Å². The van der Waals surface area contributed by atoms with E-state index < -0.39 is 0 Å². The van der Waals surface area contributed by atoms with E-state index in [9.17, 15) is 4.79 Å². The minimum Gasteiger partial charge on any atom is -0.453 e. The zero-order valence-electron chi connectivity index (χ0n) is 7.88. The third kappa shape index (κ3) is 1.94. The molecule has 2 aromatic rings. The van der Waals surface area contributed by atoms with E-state index in [0.717, 1.165) is 5.56 Å². The molecule has 2 rings (SSSR count). The number of rotatable bonds is 3. The lowest BCUT2D eigenvalue weighted by molar-refractivity contribution is 0.110. The summed E-state index contributed by atoms with van der Waals surface area (Å²) < 4.78 is 5.22. The molecule has 0 saturated carbocycles. The average molecular weight is 203 g/mol. The highest BCUT2D eigenvalue weighted by atomic mass is 16.3. The Morgan fingerprint density at radius 3 is 2.73 bits per heavy atom. The predicted molar refractivity (Wildman–Crippen MR) is 53.2 cm³/mol. The van der Waals surface area contributed by atoms with Gasteiger partial charge < -0.3 is 9.52 Å². The highest BCUT2D eigenvalue weighted by Gasteiger charge is 2.04. The average Bonchev–Trinajstić information content (AvgIpc) is 2.78. The van der Waals surface area contributed by atoms with Crippen LogP contribution >= 0.6 is 0 Å². The molecule has 0 spiro atoms. The number of aldehydes is 1. The molecule has 15 heavy (non-hydrogen) atoms. The van der Waals surface area contributed by atoms with Gasteiger partial charge in [-0.15, -0.1) is 0 Å². The molecule has 0 unspecified atom stereocenters. The second-order valence-corrected chi connectivity index (χ2v) is 3.02. The SMILES string of the molecule is O=Cc1ccc(-c2ccc(CO)nc2)o1. The predicted octanol–water partition coefficient (Wildman–Crippen LogP) is 1.65. The van der Waals surface area contributed by atoms with E-state index in [2.05, 4.69) is 4.98 Å². The van der Waals surface area contributed by atoms with Crippen molar-refractivity contribution in [2.45, 2.75) is 6.61 Å². The van der Waals surface area contributed by atoms with Gasteiger partial charge in [-0.3, -0.25) is 9.78 Å². The van der Waals surface area contributed by atoms with Crippen molar-refractivity contribution in [3.63, 3.8) is 0 Å². The van der Waals surface area contributed by atoms with Gasteiger partial charge in [0.25, 0.3) is 0 Å². The zero-order valence-corrected chi connectivity index (χ0v) is 7.88. The monoisotopic (exact) mass is 203 g/mol. The Hall–Kier alpha value is -1.94. The molecule has 2 aromatic heterocycles. The lowest BCUT2D eigenvalue weighted by Crippen LogP contribution is -1.87. The fourth-order valence-corrected chi connectivity index (χ4v) is 1.24. The molecular weight excluding hydrogens is 194 g/mol. The first-order chi connectivity index (χ1) is 7.33. The van der Waals surface area contributed by atoms with Crippen molar-refractivity contribution in [2.75, 3.05) is 0 Å². The molecule has 0 aliphatic rings. The molecule has 4 nitrogen and oxygen atoms in total. The number of aliphatic hydroxyl groups excluding tert-OH is 1. The van der Waals surface area contributed by atoms with Gasteiger partial charge in [-0.1, -0.05) is 0 Å². The summed E-state index contributed by atoms with van der Waals surface area (Å²) in [5.41, 5.74) is 1.38. The molecule has 76 valence electrons. The highest BCUT2D eigenvalue weighted by Crippen LogP contribution is 2.20. The van der Waals surface area contributed by atoms with Gasteiger partial charge in [0.2, 0.25) is 0 Å². The van der Waals surface area contributed by atoms with Crippen LogP contribution in [-0.2, 0) is 6.61 Å². The summed E-state index contributed by atoms with van der Waals surface area (Å²) in [6.07, 6.45) is 2.25. The Morgan fingerprint density at radius 1 is 1.33 bits per heavy atom. The molecule has 0 bridgehead atoms. The topological polar surface area (TPSA) is 63.3 Å². The van der Waals surface area contributed by atoms with Crippen molar-refractivity contribution < 1.29 is 14.3 Å². The maximum Gasteiger partial charge on any atom is 0.185 e. The van der Waals surface area contributed by atoms with Gasteiger partial charge in [0.1, 0.15) is 5.76 Å². The molecular formula is C11H9NO3. The largest absolute Gasteiger partial charge is 0.453 e. The van der Waals surface area contributed by atoms with E-state index in [0.29, 0.717) is 17.7 Å². The Balaban J connectivity index is 2.32. The molecule has 0 aliphatic heterocycles. The van der Waals surface area contributed by atoms with Crippen molar-refractivity contribution in [1.82, 2.24) is 4.98 Å². The number of furan rings is 1. The lowest BCUT2D eigenvalue weighted by Gasteiger charge is -1.97. The summed E-state index contributed by atoms with van der Waals surface area (Å²) in [7, 11) is 0. The van der Waals surface area contributed by atoms with Crippen LogP contribution in [0.25, 0.3) is 11.3 Å². The van der Waals surface area contributed by atoms with Crippen LogP contribution in [0.3, 0.4) is 0 Å². The first-order valence-electron chi connectivity index (χ1n) is 4.44. The number of carbonyl (C=O) groups excluding carboxylic acids is 1. The molecule has 0 radical (unpaired) electrons. The van der Waals surface area contributed by atoms with Gasteiger partial charge in [0.05, 0.1) is 12.3 Å². The van der Waals surface area contributed by atoms with Crippen molar-refractivity contribution in [3.8, 4) is 11.3 Å². The molecule has 2 heterocycles. The summed E-state index contributed by atoms with van der Waals surface area (Å²) in [6.45, 7) is -0.0853. The zero-order chi connectivity index (χ0) is 10.7. The van der Waals surface area contributed by atoms with Crippen molar-refractivity contribution >= 4 is 6.29 Å². The Bertz CT molecular complexity index is 459. The van der Waals surface area contributed by atoms with Gasteiger partial charge in [-0.25, -0.2) is 0 Å². The minimum atomic E-state index is -0.0853. The van der Waals surface area contributed by atoms with Crippen LogP contribution in [-0.4, -0.2) is 16.4 Å². The molecule has 0 fully saturated rings. The van der Waals surface area contributed by atoms with E-state index in [1.807, 2.05) is 0 Å². The minimum absolute atomic E-state index is 0.0853. The lowest BCUT2D eigenvalue weighted by atomic mass is 10.2. The molecule has 4 heteroatoms. The second-order valence-electron chi connectivity index (χ2n) is 3.02. The Labute approximate surface area is 86.2 Å². The smallest absolute Gasteiger partial charge is 0.185 e. The van der Waals surface area contributed by atoms with Crippen LogP contribution in [0.5, 0.6) is 0 Å². The number of aliphatic hydroxyl groups is 1. The molecule has 0 aromatic carbocycles. The normalized spacial score (nSPS) is 10.2. The Kier molecular flexibility index (Phi) is 2.60. The summed E-state index contributed by atoms with van der Waals surface area (Å²) in [4.78, 5) is 14.4. The maximum absolute atomic E-state index is 10.4. The van der Waals surface area contributed by atoms with Gasteiger partial charge in [0.15, 0.2) is 12.0 Å². The fourth-order valence-electron chi connectivity index (χ4n) is 1.24. The van der Waals surface area contributed by atoms with Crippen LogP contribution < -0.4 is 0 Å². The highest BCUT2D eigenvalue weighted by molar-refractivity contribution is 5.72. The van der Waals surface area contributed by atoms with Crippen molar-refractivity contribution in [3.05, 3.63) is 41.9 Å². The van der Waals surface area contributed by atoms with E-state index in [1.54, 1.807) is 30.5 Å². The first kappa shape index (κ1) is 9.61. The number of nitrogens with zero attached hydrogens (tertiary/aromatic N) is 1. The van der Waals surface area contributed by atoms with E-state index in [1.165, 1.54) is 0 Å². The van der Waals surface area contributed by atoms with Crippen LogP contribution in [0.4, 0.5) is 0 Å². The van der Waals surface area contributed by atoms with Gasteiger partial charge in [-0.05, 0) is 24.3 Å². The van der Waals surface area contributed by atoms with Gasteiger partial charge in [-0.2, -0.15) is 0 Å². The van der Waals surface area contributed by atoms with Gasteiger partial charge >= 0.3 is 0 Å². The molecule has 0 atom stereocenters. The summed E-state index contributed by atoms with van der Waals surface area (Å²) in [5.74, 6) is 0.880. The van der Waals surface area contributed by atoms with Gasteiger partial charge in [0, 0.05) is 11.8 Å². The second kappa shape index (κ2) is 4.06. The summed E-state index contributed by atoms with van der Waals surface area (Å²) >= 11 is 0. The summed E-state index contributed by atoms with van der Waals surface area (Å²) in [6, 6.07) is 6.80. The molecule has 0 amide bonds. The van der Waals surface area contributed by atoms with Crippen molar-refractivity contribution in [2.24, 2.45) is 0 Å². The van der Waals surface area contributed by atoms with Crippen LogP contribution in [0.2, 0.25) is 0 Å². The third-order valence-electron chi connectivity index (χ3n) is 2.01. The molecule has 0 aliphatic carbocycles. The van der Waals surface area contributed by atoms with Crippen molar-refractivity contribution in [1.29, 1.82) is 0 Å². The molecule has 1 N–H and O–H groups in total. The number of aromatic nitrogens is 1. The Morgan fingerprint density at radius 2 is 2.20 bits per heavy atom. The summed E-state index contributed by atoms with van der Waals surface area (Å²) in [5, 5.41) is 8.81. The number of hydrogen-bond acceptors (Lipinski definition) is 4. The molecule has 0 saturated heterocycles. The van der Waals surface area contributed by atoms with Crippen LogP contribution in [0.15, 0.2) is 34.9 Å². The van der Waals surface area contributed by atoms with Crippen LogP contribution in [0, 0.1) is 0 Å². The maximum atomic E-state index is 10.4. The van der Waals surface area contributed by atoms with E-state index in [4.69, 9.17) is 9.52 Å².